The molecule has 0 aliphatic carbocycles. The normalized spacial score (nSPS) is 16.3. The average molecular weight is 392 g/mol. The molecule has 1 aliphatic heterocycles. The minimum atomic E-state index is -3.45. The smallest absolute Gasteiger partial charge is 0.221 e. The van der Waals surface area contributed by atoms with Crippen LogP contribution in [0.25, 0.3) is 0 Å². The minimum Gasteiger partial charge on any atom is -0.463 e. The SMILES string of the molecule is Cc1ccc(S(=O)(=O)CCC(=O)NC[C@H](c2ccco2)[NH+]2CCCC2)cc1. The molecule has 2 heterocycles. The predicted molar refractivity (Wildman–Crippen MR) is 102 cm³/mol. The quantitative estimate of drug-likeness (QED) is 0.711. The van der Waals surface area contributed by atoms with Crippen molar-refractivity contribution in [2.24, 2.45) is 0 Å². The molecule has 1 atom stereocenters. The second kappa shape index (κ2) is 8.71. The van der Waals surface area contributed by atoms with Crippen LogP contribution in [-0.2, 0) is 14.6 Å². The molecule has 0 unspecified atom stereocenters. The molecule has 1 aromatic heterocycles. The Labute approximate surface area is 160 Å². The van der Waals surface area contributed by atoms with Gasteiger partial charge in [-0.1, -0.05) is 17.7 Å². The van der Waals surface area contributed by atoms with E-state index >= 15 is 0 Å². The van der Waals surface area contributed by atoms with Gasteiger partial charge in [-0.15, -0.1) is 0 Å². The number of likely N-dealkylation sites (tertiary alicyclic amines) is 1. The van der Waals surface area contributed by atoms with Gasteiger partial charge >= 0.3 is 0 Å². The zero-order chi connectivity index (χ0) is 19.3. The first kappa shape index (κ1) is 19.6. The van der Waals surface area contributed by atoms with Crippen molar-refractivity contribution in [1.82, 2.24) is 5.32 Å². The number of aryl methyl sites for hydroxylation is 1. The Hall–Kier alpha value is -2.12. The highest BCUT2D eigenvalue weighted by atomic mass is 32.2. The lowest BCUT2D eigenvalue weighted by Gasteiger charge is -2.23. The first-order valence-electron chi connectivity index (χ1n) is 9.40. The monoisotopic (exact) mass is 391 g/mol. The number of hydrogen-bond acceptors (Lipinski definition) is 4. The predicted octanol–water partition coefficient (Wildman–Crippen LogP) is 1.29. The fourth-order valence-corrected chi connectivity index (χ4v) is 4.75. The molecule has 3 rings (SSSR count). The van der Waals surface area contributed by atoms with Crippen LogP contribution >= 0.6 is 0 Å². The first-order valence-corrected chi connectivity index (χ1v) is 11.0. The number of amides is 1. The van der Waals surface area contributed by atoms with Crippen molar-refractivity contribution in [1.29, 1.82) is 0 Å². The van der Waals surface area contributed by atoms with Gasteiger partial charge in [-0.2, -0.15) is 0 Å². The summed E-state index contributed by atoms with van der Waals surface area (Å²) in [5.74, 6) is 0.421. The number of quaternary nitrogens is 1. The molecule has 7 heteroatoms. The average Bonchev–Trinajstić information content (AvgIpc) is 3.35. The lowest BCUT2D eigenvalue weighted by atomic mass is 10.2. The molecular weight excluding hydrogens is 364 g/mol. The number of carbonyl (C=O) groups is 1. The van der Waals surface area contributed by atoms with E-state index in [1.807, 2.05) is 19.1 Å². The van der Waals surface area contributed by atoms with E-state index in [0.29, 0.717) is 6.54 Å². The molecule has 2 aromatic rings. The highest BCUT2D eigenvalue weighted by molar-refractivity contribution is 7.91. The summed E-state index contributed by atoms with van der Waals surface area (Å²) in [6, 6.07) is 10.6. The molecule has 1 aromatic carbocycles. The summed E-state index contributed by atoms with van der Waals surface area (Å²) >= 11 is 0. The molecular formula is C20H27N2O4S+. The molecule has 1 amide bonds. The van der Waals surface area contributed by atoms with Gasteiger partial charge in [0.1, 0.15) is 0 Å². The van der Waals surface area contributed by atoms with Crippen LogP contribution in [0.1, 0.15) is 36.6 Å². The van der Waals surface area contributed by atoms with Gasteiger partial charge in [0.15, 0.2) is 21.6 Å². The summed E-state index contributed by atoms with van der Waals surface area (Å²) in [7, 11) is -3.45. The van der Waals surface area contributed by atoms with E-state index in [0.717, 1.165) is 24.4 Å². The number of carbonyl (C=O) groups excluding carboxylic acids is 1. The number of nitrogens with one attached hydrogen (secondary N) is 2. The molecule has 1 aliphatic rings. The first-order chi connectivity index (χ1) is 13.0. The van der Waals surface area contributed by atoms with Crippen LogP contribution in [0.4, 0.5) is 0 Å². The maximum absolute atomic E-state index is 12.4. The Morgan fingerprint density at radius 1 is 1.19 bits per heavy atom. The zero-order valence-corrected chi connectivity index (χ0v) is 16.4. The third-order valence-corrected chi connectivity index (χ3v) is 6.84. The molecule has 27 heavy (non-hydrogen) atoms. The maximum atomic E-state index is 12.4. The molecule has 0 spiro atoms. The Bertz CT molecular complexity index is 839. The minimum absolute atomic E-state index is 0.0452. The van der Waals surface area contributed by atoms with E-state index in [9.17, 15) is 13.2 Å². The van der Waals surface area contributed by atoms with Crippen LogP contribution in [0.3, 0.4) is 0 Å². The molecule has 0 bridgehead atoms. The summed E-state index contributed by atoms with van der Waals surface area (Å²) in [5, 5.41) is 2.90. The Morgan fingerprint density at radius 3 is 2.52 bits per heavy atom. The van der Waals surface area contributed by atoms with Gasteiger partial charge in [-0.3, -0.25) is 4.79 Å². The van der Waals surface area contributed by atoms with Gasteiger partial charge in [-0.05, 0) is 31.2 Å². The number of rotatable bonds is 8. The fraction of sp³-hybridized carbons (Fsp3) is 0.450. The van der Waals surface area contributed by atoms with Gasteiger partial charge in [-0.25, -0.2) is 8.42 Å². The number of hydrogen-bond donors (Lipinski definition) is 2. The highest BCUT2D eigenvalue weighted by Crippen LogP contribution is 2.14. The lowest BCUT2D eigenvalue weighted by Crippen LogP contribution is -3.11. The summed E-state index contributed by atoms with van der Waals surface area (Å²) in [4.78, 5) is 13.9. The Kier molecular flexibility index (Phi) is 6.34. The van der Waals surface area contributed by atoms with Crippen molar-refractivity contribution in [3.05, 3.63) is 54.0 Å². The summed E-state index contributed by atoms with van der Waals surface area (Å²) in [5.41, 5.74) is 1.00. The van der Waals surface area contributed by atoms with E-state index in [1.165, 1.54) is 17.7 Å². The molecule has 1 fully saturated rings. The zero-order valence-electron chi connectivity index (χ0n) is 15.6. The standard InChI is InChI=1S/C20H26N2O4S/c1-16-6-8-17(9-7-16)27(24,25)14-10-20(23)21-15-18(19-5-4-13-26-19)22-11-2-3-12-22/h4-9,13,18H,2-3,10-12,14-15H2,1H3,(H,21,23)/p+1/t18-/m1/s1. The van der Waals surface area contributed by atoms with Crippen molar-refractivity contribution in [3.8, 4) is 0 Å². The third-order valence-electron chi connectivity index (χ3n) is 5.11. The van der Waals surface area contributed by atoms with Crippen molar-refractivity contribution in [2.45, 2.75) is 37.1 Å². The summed E-state index contributed by atoms with van der Waals surface area (Å²) in [6.45, 7) is 4.47. The van der Waals surface area contributed by atoms with Gasteiger partial charge in [0.2, 0.25) is 5.91 Å². The highest BCUT2D eigenvalue weighted by Gasteiger charge is 2.29. The topological polar surface area (TPSA) is 80.8 Å². The largest absolute Gasteiger partial charge is 0.463 e. The van der Waals surface area contributed by atoms with E-state index < -0.39 is 9.84 Å². The third kappa shape index (κ3) is 5.20. The molecule has 1 saturated heterocycles. The van der Waals surface area contributed by atoms with Gasteiger partial charge in [0.05, 0.1) is 36.5 Å². The van der Waals surface area contributed by atoms with Gasteiger partial charge < -0.3 is 14.6 Å². The van der Waals surface area contributed by atoms with Gasteiger partial charge in [0, 0.05) is 19.3 Å². The van der Waals surface area contributed by atoms with Crippen molar-refractivity contribution in [2.75, 3.05) is 25.4 Å². The van der Waals surface area contributed by atoms with Crippen LogP contribution in [0.15, 0.2) is 52.0 Å². The van der Waals surface area contributed by atoms with Crippen LogP contribution < -0.4 is 10.2 Å². The van der Waals surface area contributed by atoms with E-state index in [2.05, 4.69) is 5.32 Å². The Morgan fingerprint density at radius 2 is 1.89 bits per heavy atom. The molecule has 0 saturated carbocycles. The van der Waals surface area contributed by atoms with Crippen LogP contribution in [-0.4, -0.2) is 39.7 Å². The van der Waals surface area contributed by atoms with Crippen molar-refractivity contribution in [3.63, 3.8) is 0 Å². The summed E-state index contributed by atoms with van der Waals surface area (Å²) < 4.78 is 30.3. The molecule has 146 valence electrons. The van der Waals surface area contributed by atoms with E-state index in [1.54, 1.807) is 30.5 Å². The number of benzene rings is 1. The van der Waals surface area contributed by atoms with Gasteiger partial charge in [0.25, 0.3) is 0 Å². The van der Waals surface area contributed by atoms with Crippen molar-refractivity contribution >= 4 is 15.7 Å². The van der Waals surface area contributed by atoms with Crippen LogP contribution in [0.2, 0.25) is 0 Å². The number of sulfone groups is 1. The van der Waals surface area contributed by atoms with Crippen LogP contribution in [0, 0.1) is 6.92 Å². The molecule has 6 nitrogen and oxygen atoms in total. The van der Waals surface area contributed by atoms with Crippen LogP contribution in [0.5, 0.6) is 0 Å². The number of furan rings is 1. The van der Waals surface area contributed by atoms with E-state index in [4.69, 9.17) is 4.42 Å². The second-order valence-electron chi connectivity index (χ2n) is 7.12. The summed E-state index contributed by atoms with van der Waals surface area (Å²) in [6.07, 6.45) is 3.95. The maximum Gasteiger partial charge on any atom is 0.221 e. The van der Waals surface area contributed by atoms with Crippen molar-refractivity contribution < 1.29 is 22.5 Å². The van der Waals surface area contributed by atoms with E-state index in [-0.39, 0.29) is 29.0 Å². The lowest BCUT2D eigenvalue weighted by molar-refractivity contribution is -0.919. The molecule has 0 radical (unpaired) electrons. The Balaban J connectivity index is 1.54. The fourth-order valence-electron chi connectivity index (χ4n) is 3.51. The molecule has 2 N–H and O–H groups in total. The second-order valence-corrected chi connectivity index (χ2v) is 9.23.